The van der Waals surface area contributed by atoms with E-state index in [9.17, 15) is 9.90 Å². The normalized spacial score (nSPS) is 11.5. The van der Waals surface area contributed by atoms with Crippen LogP contribution in [0.4, 0.5) is 0 Å². The van der Waals surface area contributed by atoms with Crippen LogP contribution in [0.1, 0.15) is 22.4 Å². The van der Waals surface area contributed by atoms with Crippen molar-refractivity contribution < 1.29 is 23.5 Å². The summed E-state index contributed by atoms with van der Waals surface area (Å²) < 4.78 is 14.0. The summed E-state index contributed by atoms with van der Waals surface area (Å²) in [6.07, 6.45) is 1.48. The van der Waals surface area contributed by atoms with Gasteiger partial charge in [-0.3, -0.25) is 4.79 Å². The molecule has 92 valence electrons. The first-order valence-electron chi connectivity index (χ1n) is 4.90. The van der Waals surface area contributed by atoms with E-state index in [1.54, 1.807) is 26.4 Å². The van der Waals surface area contributed by atoms with Crippen molar-refractivity contribution >= 4 is 5.78 Å². The summed E-state index contributed by atoms with van der Waals surface area (Å²) >= 11 is 0. The van der Waals surface area contributed by atoms with E-state index in [1.165, 1.54) is 24.7 Å². The Morgan fingerprint density at radius 3 is 2.29 bits per heavy atom. The molecule has 1 unspecified atom stereocenters. The number of aliphatic hydroxyl groups is 1. The summed E-state index contributed by atoms with van der Waals surface area (Å²) in [6, 6.07) is 6.22. The topological polar surface area (TPSA) is 72.8 Å². The van der Waals surface area contributed by atoms with Crippen LogP contribution in [0.2, 0.25) is 0 Å². The Labute approximate surface area is 98.6 Å². The lowest BCUT2D eigenvalue weighted by Gasteiger charge is -2.03. The SMILES string of the molecule is COC.O=C(c1ccco1)C(O)c1ccco1. The largest absolute Gasteiger partial charge is 0.466 e. The number of ether oxygens (including phenoxy) is 1. The van der Waals surface area contributed by atoms with Crippen molar-refractivity contribution in [2.24, 2.45) is 0 Å². The maximum Gasteiger partial charge on any atom is 0.234 e. The molecule has 0 radical (unpaired) electrons. The molecule has 0 saturated heterocycles. The molecule has 2 rings (SSSR count). The molecule has 0 saturated carbocycles. The smallest absolute Gasteiger partial charge is 0.234 e. The summed E-state index contributed by atoms with van der Waals surface area (Å²) in [5.74, 6) is -0.176. The molecule has 5 heteroatoms. The number of rotatable bonds is 3. The fourth-order valence-electron chi connectivity index (χ4n) is 1.13. The van der Waals surface area contributed by atoms with Gasteiger partial charge in [-0.15, -0.1) is 0 Å². The predicted octanol–water partition coefficient (Wildman–Crippen LogP) is 2.05. The van der Waals surface area contributed by atoms with Crippen LogP contribution in [0.5, 0.6) is 0 Å². The lowest BCUT2D eigenvalue weighted by molar-refractivity contribution is 0.0673. The zero-order chi connectivity index (χ0) is 12.7. The Morgan fingerprint density at radius 2 is 1.82 bits per heavy atom. The molecule has 0 fully saturated rings. The van der Waals surface area contributed by atoms with Gasteiger partial charge in [0.2, 0.25) is 5.78 Å². The predicted molar refractivity (Wildman–Crippen MR) is 59.6 cm³/mol. The van der Waals surface area contributed by atoms with Gasteiger partial charge < -0.3 is 18.7 Å². The van der Waals surface area contributed by atoms with Crippen LogP contribution in [0.15, 0.2) is 45.6 Å². The van der Waals surface area contributed by atoms with E-state index in [-0.39, 0.29) is 11.5 Å². The average molecular weight is 238 g/mol. The average Bonchev–Trinajstić information content (AvgIpc) is 3.00. The molecule has 0 aliphatic rings. The van der Waals surface area contributed by atoms with Gasteiger partial charge in [-0.2, -0.15) is 0 Å². The van der Waals surface area contributed by atoms with Crippen molar-refractivity contribution in [3.05, 3.63) is 48.3 Å². The number of carbonyl (C=O) groups is 1. The molecular weight excluding hydrogens is 224 g/mol. The van der Waals surface area contributed by atoms with Gasteiger partial charge in [-0.1, -0.05) is 0 Å². The van der Waals surface area contributed by atoms with Crippen LogP contribution in [0.25, 0.3) is 0 Å². The molecule has 5 nitrogen and oxygen atoms in total. The number of hydrogen-bond donors (Lipinski definition) is 1. The van der Waals surface area contributed by atoms with Gasteiger partial charge in [0.25, 0.3) is 0 Å². The highest BCUT2D eigenvalue weighted by Crippen LogP contribution is 2.18. The van der Waals surface area contributed by atoms with Crippen molar-refractivity contribution in [1.29, 1.82) is 0 Å². The zero-order valence-corrected chi connectivity index (χ0v) is 9.62. The molecule has 0 bridgehead atoms. The molecule has 0 spiro atoms. The summed E-state index contributed by atoms with van der Waals surface area (Å²) in [5, 5.41) is 9.55. The first-order valence-corrected chi connectivity index (χ1v) is 4.90. The highest BCUT2D eigenvalue weighted by molar-refractivity contribution is 5.97. The first kappa shape index (κ1) is 13.2. The fourth-order valence-corrected chi connectivity index (χ4v) is 1.13. The maximum absolute atomic E-state index is 11.5. The maximum atomic E-state index is 11.5. The van der Waals surface area contributed by atoms with Crippen LogP contribution in [-0.4, -0.2) is 25.1 Å². The van der Waals surface area contributed by atoms with Crippen LogP contribution < -0.4 is 0 Å². The Kier molecular flexibility index (Phi) is 5.19. The summed E-state index contributed by atoms with van der Waals surface area (Å²) in [5.41, 5.74) is 0. The lowest BCUT2D eigenvalue weighted by Crippen LogP contribution is -2.10. The molecule has 0 aliphatic heterocycles. The molecule has 2 aromatic heterocycles. The number of carbonyl (C=O) groups excluding carboxylic acids is 1. The second-order valence-electron chi connectivity index (χ2n) is 3.17. The molecule has 0 aromatic carbocycles. The number of methoxy groups -OCH3 is 1. The third-order valence-corrected chi connectivity index (χ3v) is 1.83. The van der Waals surface area contributed by atoms with Gasteiger partial charge in [0, 0.05) is 14.2 Å². The Bertz CT molecular complexity index is 416. The van der Waals surface area contributed by atoms with Gasteiger partial charge in [-0.05, 0) is 24.3 Å². The molecule has 1 N–H and O–H groups in total. The van der Waals surface area contributed by atoms with Crippen LogP contribution >= 0.6 is 0 Å². The molecular formula is C12H14O5. The number of furan rings is 2. The summed E-state index contributed by atoms with van der Waals surface area (Å²) in [6.45, 7) is 0. The van der Waals surface area contributed by atoms with E-state index in [0.717, 1.165) is 0 Å². The van der Waals surface area contributed by atoms with Crippen molar-refractivity contribution in [2.45, 2.75) is 6.10 Å². The van der Waals surface area contributed by atoms with E-state index in [0.29, 0.717) is 0 Å². The van der Waals surface area contributed by atoms with E-state index in [4.69, 9.17) is 8.83 Å². The molecule has 17 heavy (non-hydrogen) atoms. The van der Waals surface area contributed by atoms with Crippen molar-refractivity contribution in [2.75, 3.05) is 14.2 Å². The van der Waals surface area contributed by atoms with Gasteiger partial charge in [0.1, 0.15) is 5.76 Å². The number of Topliss-reactive ketones (excluding diaryl/α,β-unsaturated/α-hetero) is 1. The Hall–Kier alpha value is -1.85. The van der Waals surface area contributed by atoms with Gasteiger partial charge in [0.15, 0.2) is 11.9 Å². The van der Waals surface area contributed by atoms with E-state index in [2.05, 4.69) is 4.74 Å². The van der Waals surface area contributed by atoms with Crippen molar-refractivity contribution in [3.8, 4) is 0 Å². The highest BCUT2D eigenvalue weighted by atomic mass is 16.4. The van der Waals surface area contributed by atoms with Gasteiger partial charge in [0.05, 0.1) is 12.5 Å². The second-order valence-corrected chi connectivity index (χ2v) is 3.17. The Balaban J connectivity index is 0.000000437. The quantitative estimate of drug-likeness (QED) is 0.828. The molecule has 0 aliphatic carbocycles. The van der Waals surface area contributed by atoms with Crippen LogP contribution in [0.3, 0.4) is 0 Å². The zero-order valence-electron chi connectivity index (χ0n) is 9.62. The van der Waals surface area contributed by atoms with Crippen molar-refractivity contribution in [1.82, 2.24) is 0 Å². The molecule has 1 atom stereocenters. The monoisotopic (exact) mass is 238 g/mol. The standard InChI is InChI=1S/C10H8O4.C2H6O/c11-9(7-3-1-5-13-7)10(12)8-4-2-6-14-8;1-3-2/h1-6,9,11H;1-2H3. The lowest BCUT2D eigenvalue weighted by atomic mass is 10.1. The number of ketones is 1. The van der Waals surface area contributed by atoms with E-state index < -0.39 is 11.9 Å². The van der Waals surface area contributed by atoms with E-state index >= 15 is 0 Å². The minimum Gasteiger partial charge on any atom is -0.466 e. The van der Waals surface area contributed by atoms with Crippen LogP contribution in [0, 0.1) is 0 Å². The van der Waals surface area contributed by atoms with Crippen molar-refractivity contribution in [3.63, 3.8) is 0 Å². The highest BCUT2D eigenvalue weighted by Gasteiger charge is 2.23. The summed E-state index contributed by atoms with van der Waals surface area (Å²) in [4.78, 5) is 11.5. The van der Waals surface area contributed by atoms with Crippen LogP contribution in [-0.2, 0) is 4.74 Å². The number of aliphatic hydroxyl groups excluding tert-OH is 1. The molecule has 0 amide bonds. The minimum atomic E-state index is -1.30. The van der Waals surface area contributed by atoms with E-state index in [1.807, 2.05) is 0 Å². The third kappa shape index (κ3) is 3.58. The third-order valence-electron chi connectivity index (χ3n) is 1.83. The molecule has 2 aromatic rings. The number of hydrogen-bond acceptors (Lipinski definition) is 5. The van der Waals surface area contributed by atoms with Gasteiger partial charge in [-0.25, -0.2) is 0 Å². The Morgan fingerprint density at radius 1 is 1.24 bits per heavy atom. The molecule has 2 heterocycles. The fraction of sp³-hybridized carbons (Fsp3) is 0.250. The minimum absolute atomic E-state index is 0.119. The van der Waals surface area contributed by atoms with Gasteiger partial charge >= 0.3 is 0 Å². The second kappa shape index (κ2) is 6.67. The summed E-state index contributed by atoms with van der Waals surface area (Å²) in [7, 11) is 3.25. The first-order chi connectivity index (χ1) is 8.20.